The molecule has 0 radical (unpaired) electrons. The summed E-state index contributed by atoms with van der Waals surface area (Å²) >= 11 is 6.03. The molecule has 1 aromatic rings. The SMILES string of the molecule is Cc1cc(NC2CCN(C(=O)N(C)C)CC2)ccc1Cl. The van der Waals surface area contributed by atoms with Gasteiger partial charge < -0.3 is 15.1 Å². The molecule has 4 nitrogen and oxygen atoms in total. The Bertz CT molecular complexity index is 482. The summed E-state index contributed by atoms with van der Waals surface area (Å²) < 4.78 is 0. The molecule has 1 aromatic carbocycles. The topological polar surface area (TPSA) is 35.6 Å². The molecular weight excluding hydrogens is 274 g/mol. The average molecular weight is 296 g/mol. The number of hydrogen-bond acceptors (Lipinski definition) is 2. The number of carbonyl (C=O) groups is 1. The fourth-order valence-electron chi connectivity index (χ4n) is 2.47. The zero-order valence-corrected chi connectivity index (χ0v) is 13.1. The van der Waals surface area contributed by atoms with Crippen LogP contribution < -0.4 is 5.32 Å². The highest BCUT2D eigenvalue weighted by molar-refractivity contribution is 6.31. The third-order valence-electron chi connectivity index (χ3n) is 3.68. The van der Waals surface area contributed by atoms with Gasteiger partial charge in [0.05, 0.1) is 0 Å². The molecule has 1 aliphatic heterocycles. The standard InChI is InChI=1S/C15H22ClN3O/c1-11-10-13(4-5-14(11)16)17-12-6-8-19(9-7-12)15(20)18(2)3/h4-5,10,12,17H,6-9H2,1-3H3. The minimum absolute atomic E-state index is 0.103. The van der Waals surface area contributed by atoms with Crippen molar-refractivity contribution < 1.29 is 4.79 Å². The molecule has 1 saturated heterocycles. The van der Waals surface area contributed by atoms with Crippen LogP contribution in [0.5, 0.6) is 0 Å². The molecule has 0 aliphatic carbocycles. The molecule has 0 unspecified atom stereocenters. The normalized spacial score (nSPS) is 16.1. The highest BCUT2D eigenvalue weighted by Gasteiger charge is 2.23. The lowest BCUT2D eigenvalue weighted by molar-refractivity contribution is 0.158. The van der Waals surface area contributed by atoms with Crippen LogP contribution in [0.15, 0.2) is 18.2 Å². The number of urea groups is 1. The van der Waals surface area contributed by atoms with Gasteiger partial charge in [-0.3, -0.25) is 0 Å². The lowest BCUT2D eigenvalue weighted by Gasteiger charge is -2.34. The summed E-state index contributed by atoms with van der Waals surface area (Å²) in [5, 5.41) is 4.32. The number of hydrogen-bond donors (Lipinski definition) is 1. The van der Waals surface area contributed by atoms with Crippen LogP contribution in [0.1, 0.15) is 18.4 Å². The molecular formula is C15H22ClN3O. The summed E-state index contributed by atoms with van der Waals surface area (Å²) in [5.41, 5.74) is 2.18. The van der Waals surface area contributed by atoms with Crippen LogP contribution in [0.2, 0.25) is 5.02 Å². The predicted octanol–water partition coefficient (Wildman–Crippen LogP) is 3.21. The van der Waals surface area contributed by atoms with Crippen molar-refractivity contribution in [2.45, 2.75) is 25.8 Å². The van der Waals surface area contributed by atoms with E-state index in [0.717, 1.165) is 42.2 Å². The largest absolute Gasteiger partial charge is 0.382 e. The fourth-order valence-corrected chi connectivity index (χ4v) is 2.59. The first-order chi connectivity index (χ1) is 9.47. The highest BCUT2D eigenvalue weighted by atomic mass is 35.5. The van der Waals surface area contributed by atoms with Gasteiger partial charge in [0.2, 0.25) is 0 Å². The second-order valence-electron chi connectivity index (χ2n) is 5.55. The van der Waals surface area contributed by atoms with E-state index in [1.165, 1.54) is 0 Å². The molecule has 1 N–H and O–H groups in total. The molecule has 0 atom stereocenters. The third-order valence-corrected chi connectivity index (χ3v) is 4.10. The molecule has 1 aliphatic rings. The minimum atomic E-state index is 0.103. The molecule has 110 valence electrons. The lowest BCUT2D eigenvalue weighted by Crippen LogP contribution is -2.46. The van der Waals surface area contributed by atoms with Crippen LogP contribution in [-0.4, -0.2) is 49.1 Å². The zero-order valence-electron chi connectivity index (χ0n) is 12.3. The summed E-state index contributed by atoms with van der Waals surface area (Å²) in [6.07, 6.45) is 1.95. The molecule has 0 bridgehead atoms. The summed E-state index contributed by atoms with van der Waals surface area (Å²) in [4.78, 5) is 15.4. The molecule has 2 rings (SSSR count). The Morgan fingerprint density at radius 3 is 2.55 bits per heavy atom. The van der Waals surface area contributed by atoms with E-state index in [0.29, 0.717) is 6.04 Å². The van der Waals surface area contributed by atoms with Crippen molar-refractivity contribution in [2.24, 2.45) is 0 Å². The number of nitrogens with zero attached hydrogens (tertiary/aromatic N) is 2. The van der Waals surface area contributed by atoms with Crippen molar-refractivity contribution in [1.82, 2.24) is 9.80 Å². The number of anilines is 1. The van der Waals surface area contributed by atoms with Crippen LogP contribution in [0.3, 0.4) is 0 Å². The van der Waals surface area contributed by atoms with Gasteiger partial charge in [-0.25, -0.2) is 4.79 Å². The second kappa shape index (κ2) is 6.35. The summed E-state index contributed by atoms with van der Waals surface area (Å²) in [6, 6.07) is 6.52. The van der Waals surface area contributed by atoms with Gasteiger partial charge in [-0.05, 0) is 43.5 Å². The monoisotopic (exact) mass is 295 g/mol. The number of carbonyl (C=O) groups excluding carboxylic acids is 1. The van der Waals surface area contributed by atoms with Gasteiger partial charge in [0.1, 0.15) is 0 Å². The number of rotatable bonds is 2. The van der Waals surface area contributed by atoms with Crippen molar-refractivity contribution in [3.63, 3.8) is 0 Å². The van der Waals surface area contributed by atoms with Crippen molar-refractivity contribution in [1.29, 1.82) is 0 Å². The first-order valence-corrected chi connectivity index (χ1v) is 7.34. The zero-order chi connectivity index (χ0) is 14.7. The number of benzene rings is 1. The Kier molecular flexibility index (Phi) is 4.76. The van der Waals surface area contributed by atoms with Crippen LogP contribution in [0, 0.1) is 6.92 Å². The smallest absolute Gasteiger partial charge is 0.319 e. The maximum Gasteiger partial charge on any atom is 0.319 e. The van der Waals surface area contributed by atoms with E-state index in [9.17, 15) is 4.79 Å². The van der Waals surface area contributed by atoms with Crippen LogP contribution >= 0.6 is 11.6 Å². The lowest BCUT2D eigenvalue weighted by atomic mass is 10.0. The third kappa shape index (κ3) is 3.57. The van der Waals surface area contributed by atoms with E-state index in [1.807, 2.05) is 24.0 Å². The minimum Gasteiger partial charge on any atom is -0.382 e. The fraction of sp³-hybridized carbons (Fsp3) is 0.533. The van der Waals surface area contributed by atoms with Crippen LogP contribution in [0.25, 0.3) is 0 Å². The second-order valence-corrected chi connectivity index (χ2v) is 5.95. The van der Waals surface area contributed by atoms with Gasteiger partial charge >= 0.3 is 6.03 Å². The quantitative estimate of drug-likeness (QED) is 0.909. The Labute approximate surface area is 125 Å². The van der Waals surface area contributed by atoms with Crippen LogP contribution in [0.4, 0.5) is 10.5 Å². The highest BCUT2D eigenvalue weighted by Crippen LogP contribution is 2.22. The molecule has 1 fully saturated rings. The molecule has 0 saturated carbocycles. The number of amides is 2. The van der Waals surface area contributed by atoms with Gasteiger partial charge in [0, 0.05) is 43.9 Å². The van der Waals surface area contributed by atoms with Crippen molar-refractivity contribution in [2.75, 3.05) is 32.5 Å². The molecule has 2 amide bonds. The van der Waals surface area contributed by atoms with E-state index in [2.05, 4.69) is 11.4 Å². The van der Waals surface area contributed by atoms with Gasteiger partial charge in [0.15, 0.2) is 0 Å². The van der Waals surface area contributed by atoms with E-state index in [-0.39, 0.29) is 6.03 Å². The molecule has 20 heavy (non-hydrogen) atoms. The number of halogens is 1. The summed E-state index contributed by atoms with van der Waals surface area (Å²) in [6.45, 7) is 3.62. The van der Waals surface area contributed by atoms with Gasteiger partial charge in [-0.1, -0.05) is 11.6 Å². The Hall–Kier alpha value is -1.42. The van der Waals surface area contributed by atoms with E-state index >= 15 is 0 Å². The Morgan fingerprint density at radius 2 is 2.00 bits per heavy atom. The maximum atomic E-state index is 11.9. The Balaban J connectivity index is 1.88. The van der Waals surface area contributed by atoms with Crippen molar-refractivity contribution >= 4 is 23.3 Å². The van der Waals surface area contributed by atoms with E-state index < -0.39 is 0 Å². The van der Waals surface area contributed by atoms with Gasteiger partial charge in [0.25, 0.3) is 0 Å². The molecule has 1 heterocycles. The number of likely N-dealkylation sites (tertiary alicyclic amines) is 1. The molecule has 0 spiro atoms. The van der Waals surface area contributed by atoms with Crippen molar-refractivity contribution in [3.05, 3.63) is 28.8 Å². The Morgan fingerprint density at radius 1 is 1.35 bits per heavy atom. The van der Waals surface area contributed by atoms with E-state index in [4.69, 9.17) is 11.6 Å². The number of nitrogens with one attached hydrogen (secondary N) is 1. The summed E-state index contributed by atoms with van der Waals surface area (Å²) in [7, 11) is 3.59. The first-order valence-electron chi connectivity index (χ1n) is 6.96. The van der Waals surface area contributed by atoms with Gasteiger partial charge in [-0.2, -0.15) is 0 Å². The number of aryl methyl sites for hydroxylation is 1. The predicted molar refractivity (Wildman–Crippen MR) is 83.5 cm³/mol. The molecule has 0 aromatic heterocycles. The maximum absolute atomic E-state index is 11.9. The average Bonchev–Trinajstić information content (AvgIpc) is 2.43. The molecule has 5 heteroatoms. The van der Waals surface area contributed by atoms with Crippen LogP contribution in [-0.2, 0) is 0 Å². The number of piperidine rings is 1. The van der Waals surface area contributed by atoms with E-state index in [1.54, 1.807) is 19.0 Å². The van der Waals surface area contributed by atoms with Crippen molar-refractivity contribution in [3.8, 4) is 0 Å². The first kappa shape index (κ1) is 15.0. The van der Waals surface area contributed by atoms with Gasteiger partial charge in [-0.15, -0.1) is 0 Å². The summed E-state index contributed by atoms with van der Waals surface area (Å²) in [5.74, 6) is 0.